The summed E-state index contributed by atoms with van der Waals surface area (Å²) in [5, 5.41) is 3.56. The number of carbonyl (C=O) groups excluding carboxylic acids is 1. The molecule has 3 rings (SSSR count). The number of alkyl halides is 1. The van der Waals surface area contributed by atoms with Crippen LogP contribution in [0.1, 0.15) is 37.6 Å². The summed E-state index contributed by atoms with van der Waals surface area (Å²) in [4.78, 5) is 16.8. The summed E-state index contributed by atoms with van der Waals surface area (Å²) in [6.45, 7) is 5.50. The molecule has 2 atom stereocenters. The fourth-order valence-corrected chi connectivity index (χ4v) is 3.05. The number of nitrogens with one attached hydrogen (secondary N) is 1. The first-order valence-electron chi connectivity index (χ1n) is 8.23. The number of nitrogens with two attached hydrogens (primary N) is 1. The average molecular weight is 364 g/mol. The molecule has 1 aromatic carbocycles. The van der Waals surface area contributed by atoms with Crippen LogP contribution in [0.15, 0.2) is 24.4 Å². The first-order chi connectivity index (χ1) is 11.8. The number of fused-ring (bicyclic) bond motifs is 2. The minimum absolute atomic E-state index is 0.175. The van der Waals surface area contributed by atoms with Crippen molar-refractivity contribution in [2.75, 3.05) is 5.88 Å². The third kappa shape index (κ3) is 3.65. The summed E-state index contributed by atoms with van der Waals surface area (Å²) in [7, 11) is 0. The number of amides is 1. The molecule has 6 nitrogen and oxygen atoms in total. The van der Waals surface area contributed by atoms with E-state index in [-0.39, 0.29) is 18.1 Å². The summed E-state index contributed by atoms with van der Waals surface area (Å²) in [5.41, 5.74) is 6.47. The van der Waals surface area contributed by atoms with Gasteiger partial charge in [0.2, 0.25) is 0 Å². The molecule has 25 heavy (non-hydrogen) atoms. The summed E-state index contributed by atoms with van der Waals surface area (Å²) >= 11 is 5.75. The molecular weight excluding hydrogens is 342 g/mol. The minimum Gasteiger partial charge on any atom is -0.488 e. The Morgan fingerprint density at radius 2 is 2.20 bits per heavy atom. The molecule has 0 fully saturated rings. The van der Waals surface area contributed by atoms with Gasteiger partial charge in [-0.1, -0.05) is 0 Å². The lowest BCUT2D eigenvalue weighted by Crippen LogP contribution is -2.51. The van der Waals surface area contributed by atoms with Crippen LogP contribution < -0.4 is 20.5 Å². The highest BCUT2D eigenvalue weighted by Crippen LogP contribution is 2.34. The van der Waals surface area contributed by atoms with Crippen molar-refractivity contribution in [3.63, 3.8) is 0 Å². The van der Waals surface area contributed by atoms with Crippen molar-refractivity contribution in [1.29, 1.82) is 0 Å². The lowest BCUT2D eigenvalue weighted by atomic mass is 10.0. The Morgan fingerprint density at radius 3 is 2.92 bits per heavy atom. The normalized spacial score (nSPS) is 18.0. The van der Waals surface area contributed by atoms with Gasteiger partial charge in [0.1, 0.15) is 17.6 Å². The van der Waals surface area contributed by atoms with E-state index in [9.17, 15) is 4.79 Å². The summed E-state index contributed by atoms with van der Waals surface area (Å²) in [5.74, 6) is 1.43. The largest absolute Gasteiger partial charge is 0.488 e. The van der Waals surface area contributed by atoms with E-state index in [1.165, 1.54) is 0 Å². The molecule has 0 spiro atoms. The number of pyridine rings is 1. The molecule has 2 heterocycles. The number of benzene rings is 1. The van der Waals surface area contributed by atoms with Crippen LogP contribution in [0.5, 0.6) is 11.5 Å². The van der Waals surface area contributed by atoms with Gasteiger partial charge in [-0.3, -0.25) is 9.78 Å². The molecule has 1 aliphatic heterocycles. The van der Waals surface area contributed by atoms with Crippen molar-refractivity contribution in [3.05, 3.63) is 30.0 Å². The highest BCUT2D eigenvalue weighted by Gasteiger charge is 2.32. The number of halogens is 1. The number of aromatic nitrogens is 1. The second-order valence-corrected chi connectivity index (χ2v) is 7.08. The Bertz CT molecular complexity index is 809. The molecule has 1 unspecified atom stereocenters. The van der Waals surface area contributed by atoms with Crippen LogP contribution in [0.2, 0.25) is 0 Å². The average Bonchev–Trinajstić information content (AvgIpc) is 2.52. The maximum absolute atomic E-state index is 12.4. The Labute approximate surface area is 151 Å². The van der Waals surface area contributed by atoms with Gasteiger partial charge in [-0.15, -0.1) is 11.6 Å². The lowest BCUT2D eigenvalue weighted by molar-refractivity contribution is 0.0434. The second-order valence-electron chi connectivity index (χ2n) is 6.71. The van der Waals surface area contributed by atoms with Crippen LogP contribution in [0.4, 0.5) is 0 Å². The molecule has 7 heteroatoms. The zero-order valence-electron chi connectivity index (χ0n) is 14.5. The van der Waals surface area contributed by atoms with Crippen molar-refractivity contribution >= 4 is 28.4 Å². The van der Waals surface area contributed by atoms with E-state index in [0.717, 1.165) is 5.39 Å². The third-order valence-electron chi connectivity index (χ3n) is 4.19. The van der Waals surface area contributed by atoms with Crippen LogP contribution in [0, 0.1) is 0 Å². The Morgan fingerprint density at radius 1 is 1.44 bits per heavy atom. The van der Waals surface area contributed by atoms with Crippen LogP contribution in [0.3, 0.4) is 0 Å². The first kappa shape index (κ1) is 17.8. The Kier molecular flexibility index (Phi) is 4.75. The topological polar surface area (TPSA) is 86.5 Å². The van der Waals surface area contributed by atoms with Gasteiger partial charge in [-0.2, -0.15) is 0 Å². The molecule has 0 aliphatic carbocycles. The quantitative estimate of drug-likeness (QED) is 0.798. The van der Waals surface area contributed by atoms with Gasteiger partial charge >= 0.3 is 0 Å². The van der Waals surface area contributed by atoms with Gasteiger partial charge in [0.05, 0.1) is 11.1 Å². The van der Waals surface area contributed by atoms with E-state index in [2.05, 4.69) is 10.3 Å². The maximum atomic E-state index is 12.4. The van der Waals surface area contributed by atoms with E-state index in [0.29, 0.717) is 34.9 Å². The zero-order valence-corrected chi connectivity index (χ0v) is 15.3. The van der Waals surface area contributed by atoms with Crippen molar-refractivity contribution in [2.45, 2.75) is 45.1 Å². The van der Waals surface area contributed by atoms with Crippen LogP contribution in [-0.4, -0.2) is 34.6 Å². The molecule has 0 saturated carbocycles. The molecule has 0 saturated heterocycles. The van der Waals surface area contributed by atoms with E-state index in [4.69, 9.17) is 26.8 Å². The van der Waals surface area contributed by atoms with E-state index >= 15 is 0 Å². The van der Waals surface area contributed by atoms with Crippen molar-refractivity contribution in [1.82, 2.24) is 10.3 Å². The first-order valence-corrected chi connectivity index (χ1v) is 8.76. The standard InChI is InChI=1S/C18H22ClN3O3/c1-10(13(20)4-6-19)24-15-5-7-21-14-9-16-12(8-11(14)15)17(23)22-18(2,3)25-16/h5,7-10,13H,4,6,20H2,1-3H3,(H,22,23)/t10?,13-/m0/s1. The molecule has 3 N–H and O–H groups in total. The van der Waals surface area contributed by atoms with E-state index in [1.54, 1.807) is 38.2 Å². The van der Waals surface area contributed by atoms with Crippen LogP contribution >= 0.6 is 11.6 Å². The fraction of sp³-hybridized carbons (Fsp3) is 0.444. The molecule has 0 radical (unpaired) electrons. The zero-order chi connectivity index (χ0) is 18.2. The van der Waals surface area contributed by atoms with Gasteiger partial charge in [-0.05, 0) is 39.3 Å². The van der Waals surface area contributed by atoms with Gasteiger partial charge < -0.3 is 20.5 Å². The Balaban J connectivity index is 1.99. The molecule has 134 valence electrons. The van der Waals surface area contributed by atoms with Gasteiger partial charge in [-0.25, -0.2) is 0 Å². The number of nitrogens with zero attached hydrogens (tertiary/aromatic N) is 1. The SMILES string of the molecule is CC(Oc1ccnc2cc3c(cc12)C(=O)NC(C)(C)O3)[C@@H](N)CCCl. The molecule has 1 aromatic heterocycles. The highest BCUT2D eigenvalue weighted by molar-refractivity contribution is 6.17. The predicted octanol–water partition coefficient (Wildman–Crippen LogP) is 2.82. The summed E-state index contributed by atoms with van der Waals surface area (Å²) in [6.07, 6.45) is 2.11. The van der Waals surface area contributed by atoms with Crippen molar-refractivity contribution in [3.8, 4) is 11.5 Å². The molecule has 1 amide bonds. The molecular formula is C18H22ClN3O3. The number of rotatable bonds is 5. The monoisotopic (exact) mass is 363 g/mol. The minimum atomic E-state index is -0.755. The van der Waals surface area contributed by atoms with Gasteiger partial charge in [0.15, 0.2) is 5.72 Å². The van der Waals surface area contributed by atoms with Crippen LogP contribution in [-0.2, 0) is 0 Å². The van der Waals surface area contributed by atoms with E-state index < -0.39 is 5.72 Å². The van der Waals surface area contributed by atoms with E-state index in [1.807, 2.05) is 6.92 Å². The second kappa shape index (κ2) is 6.69. The Hall–Kier alpha value is -2.05. The lowest BCUT2D eigenvalue weighted by Gasteiger charge is -2.33. The fourth-order valence-electron chi connectivity index (χ4n) is 2.80. The summed E-state index contributed by atoms with van der Waals surface area (Å²) in [6, 6.07) is 5.11. The highest BCUT2D eigenvalue weighted by atomic mass is 35.5. The number of ether oxygens (including phenoxy) is 2. The molecule has 0 bridgehead atoms. The molecule has 2 aromatic rings. The number of carbonyl (C=O) groups is 1. The predicted molar refractivity (Wildman–Crippen MR) is 97.3 cm³/mol. The third-order valence-corrected chi connectivity index (χ3v) is 4.40. The van der Waals surface area contributed by atoms with Crippen molar-refractivity contribution < 1.29 is 14.3 Å². The number of hydrogen-bond donors (Lipinski definition) is 2. The van der Waals surface area contributed by atoms with Gasteiger partial charge in [0.25, 0.3) is 5.91 Å². The van der Waals surface area contributed by atoms with Crippen LogP contribution in [0.25, 0.3) is 10.9 Å². The summed E-state index contributed by atoms with van der Waals surface area (Å²) < 4.78 is 11.9. The maximum Gasteiger partial charge on any atom is 0.258 e. The smallest absolute Gasteiger partial charge is 0.258 e. The molecule has 1 aliphatic rings. The number of hydrogen-bond acceptors (Lipinski definition) is 5. The van der Waals surface area contributed by atoms with Crippen molar-refractivity contribution in [2.24, 2.45) is 5.73 Å². The van der Waals surface area contributed by atoms with Gasteiger partial charge in [0, 0.05) is 29.6 Å².